The molecule has 3 aromatic heterocycles. The molecule has 0 aliphatic heterocycles. The van der Waals surface area contributed by atoms with E-state index in [-0.39, 0.29) is 0 Å². The SMILES string of the molecule is S=c1[nH]nc(-c2cc(-c3ccccc3)n[nH]2)n1/N=C/c1ccc(Br)s1. The molecule has 3 heterocycles. The van der Waals surface area contributed by atoms with Gasteiger partial charge in [0.05, 0.1) is 15.7 Å². The predicted octanol–water partition coefficient (Wildman–Crippen LogP) is 4.70. The van der Waals surface area contributed by atoms with Crippen LogP contribution in [-0.2, 0) is 0 Å². The van der Waals surface area contributed by atoms with Crippen molar-refractivity contribution in [3.05, 3.63) is 62.0 Å². The van der Waals surface area contributed by atoms with Crippen LogP contribution >= 0.6 is 39.5 Å². The van der Waals surface area contributed by atoms with Crippen LogP contribution in [0.5, 0.6) is 0 Å². The highest BCUT2D eigenvalue weighted by molar-refractivity contribution is 9.11. The van der Waals surface area contributed by atoms with Crippen molar-refractivity contribution < 1.29 is 0 Å². The average Bonchev–Trinajstić information content (AvgIpc) is 3.34. The maximum atomic E-state index is 5.28. The topological polar surface area (TPSA) is 74.7 Å². The van der Waals surface area contributed by atoms with E-state index in [1.54, 1.807) is 22.2 Å². The summed E-state index contributed by atoms with van der Waals surface area (Å²) < 4.78 is 3.04. The molecule has 25 heavy (non-hydrogen) atoms. The predicted molar refractivity (Wildman–Crippen MR) is 105 cm³/mol. The zero-order valence-electron chi connectivity index (χ0n) is 12.7. The van der Waals surface area contributed by atoms with E-state index >= 15 is 0 Å². The number of aromatic nitrogens is 5. The van der Waals surface area contributed by atoms with Crippen LogP contribution in [0.3, 0.4) is 0 Å². The van der Waals surface area contributed by atoms with Crippen molar-refractivity contribution in [3.8, 4) is 22.8 Å². The van der Waals surface area contributed by atoms with Crippen molar-refractivity contribution in [1.29, 1.82) is 0 Å². The third kappa shape index (κ3) is 3.39. The maximum absolute atomic E-state index is 5.28. The number of halogens is 1. The molecule has 0 amide bonds. The van der Waals surface area contributed by atoms with Crippen LogP contribution in [0.4, 0.5) is 0 Å². The number of nitrogens with one attached hydrogen (secondary N) is 2. The first-order chi connectivity index (χ1) is 12.2. The molecule has 9 heteroatoms. The first-order valence-corrected chi connectivity index (χ1v) is 9.31. The number of thiophene rings is 1. The molecule has 0 radical (unpaired) electrons. The highest BCUT2D eigenvalue weighted by Crippen LogP contribution is 2.23. The van der Waals surface area contributed by atoms with E-state index in [4.69, 9.17) is 12.2 Å². The van der Waals surface area contributed by atoms with E-state index in [9.17, 15) is 0 Å². The monoisotopic (exact) mass is 430 g/mol. The van der Waals surface area contributed by atoms with Gasteiger partial charge in [-0.2, -0.15) is 20.0 Å². The molecule has 0 atom stereocenters. The molecule has 6 nitrogen and oxygen atoms in total. The Kier molecular flexibility index (Phi) is 4.43. The first-order valence-electron chi connectivity index (χ1n) is 7.29. The van der Waals surface area contributed by atoms with E-state index in [0.29, 0.717) is 10.6 Å². The Morgan fingerprint density at radius 3 is 2.72 bits per heavy atom. The molecule has 2 N–H and O–H groups in total. The molecule has 4 rings (SSSR count). The van der Waals surface area contributed by atoms with Crippen molar-refractivity contribution in [2.45, 2.75) is 0 Å². The van der Waals surface area contributed by atoms with E-state index in [2.05, 4.69) is 41.4 Å². The third-order valence-electron chi connectivity index (χ3n) is 3.43. The van der Waals surface area contributed by atoms with E-state index < -0.39 is 0 Å². The minimum atomic E-state index is 0.415. The van der Waals surface area contributed by atoms with Gasteiger partial charge >= 0.3 is 0 Å². The van der Waals surface area contributed by atoms with Crippen LogP contribution in [0.15, 0.2) is 57.4 Å². The summed E-state index contributed by atoms with van der Waals surface area (Å²) in [6.07, 6.45) is 1.75. The standard InChI is InChI=1S/C16H11BrN6S2/c17-14-7-6-11(25-14)9-18-23-15(21-22-16(23)24)13-8-12(19-20-13)10-4-2-1-3-5-10/h1-9H,(H,19,20)(H,22,24)/b18-9+. The van der Waals surface area contributed by atoms with E-state index in [1.807, 2.05) is 48.5 Å². The van der Waals surface area contributed by atoms with Crippen LogP contribution in [0.2, 0.25) is 0 Å². The van der Waals surface area contributed by atoms with E-state index in [0.717, 1.165) is 25.6 Å². The van der Waals surface area contributed by atoms with Gasteiger partial charge in [-0.1, -0.05) is 30.3 Å². The molecule has 1 aromatic carbocycles. The normalized spacial score (nSPS) is 11.4. The molecular weight excluding hydrogens is 420 g/mol. The number of rotatable bonds is 4. The Bertz CT molecular complexity index is 1090. The number of H-pyrrole nitrogens is 2. The lowest BCUT2D eigenvalue weighted by Crippen LogP contribution is -1.94. The van der Waals surface area contributed by atoms with Crippen LogP contribution < -0.4 is 0 Å². The van der Waals surface area contributed by atoms with Crippen LogP contribution in [0, 0.1) is 4.77 Å². The van der Waals surface area contributed by atoms with Crippen molar-refractivity contribution >= 4 is 45.7 Å². The summed E-state index contributed by atoms with van der Waals surface area (Å²) in [7, 11) is 0. The summed E-state index contributed by atoms with van der Waals surface area (Å²) in [6.45, 7) is 0. The minimum Gasteiger partial charge on any atom is -0.274 e. The highest BCUT2D eigenvalue weighted by atomic mass is 79.9. The molecular formula is C16H11BrN6S2. The first kappa shape index (κ1) is 16.1. The molecule has 0 bridgehead atoms. The summed E-state index contributed by atoms with van der Waals surface area (Å²) in [5.74, 6) is 0.576. The molecule has 0 aliphatic rings. The van der Waals surface area contributed by atoms with Gasteiger partial charge in [0.2, 0.25) is 10.6 Å². The third-order valence-corrected chi connectivity index (χ3v) is 5.26. The lowest BCUT2D eigenvalue weighted by molar-refractivity contribution is 0.866. The Labute approximate surface area is 160 Å². The van der Waals surface area contributed by atoms with Crippen LogP contribution in [-0.4, -0.2) is 31.3 Å². The Morgan fingerprint density at radius 2 is 1.96 bits per heavy atom. The summed E-state index contributed by atoms with van der Waals surface area (Å²) in [4.78, 5) is 1.01. The quantitative estimate of drug-likeness (QED) is 0.363. The molecule has 124 valence electrons. The molecule has 0 unspecified atom stereocenters. The highest BCUT2D eigenvalue weighted by Gasteiger charge is 2.12. The van der Waals surface area contributed by atoms with Gasteiger partial charge in [0.25, 0.3) is 0 Å². The lowest BCUT2D eigenvalue weighted by atomic mass is 10.1. The lowest BCUT2D eigenvalue weighted by Gasteiger charge is -1.96. The summed E-state index contributed by atoms with van der Waals surface area (Å²) in [5, 5.41) is 18.8. The van der Waals surface area contributed by atoms with Gasteiger partial charge in [-0.15, -0.1) is 11.3 Å². The van der Waals surface area contributed by atoms with Gasteiger partial charge in [-0.3, -0.25) is 5.10 Å². The van der Waals surface area contributed by atoms with Gasteiger partial charge in [-0.25, -0.2) is 5.10 Å². The average molecular weight is 431 g/mol. The van der Waals surface area contributed by atoms with Crippen LogP contribution in [0.1, 0.15) is 4.88 Å². The second-order valence-electron chi connectivity index (χ2n) is 5.08. The minimum absolute atomic E-state index is 0.415. The largest absolute Gasteiger partial charge is 0.274 e. The number of aromatic amines is 2. The van der Waals surface area contributed by atoms with Crippen molar-refractivity contribution in [3.63, 3.8) is 0 Å². The fraction of sp³-hybridized carbons (Fsp3) is 0. The zero-order chi connectivity index (χ0) is 17.2. The van der Waals surface area contributed by atoms with Crippen molar-refractivity contribution in [2.24, 2.45) is 5.10 Å². The Balaban J connectivity index is 1.69. The van der Waals surface area contributed by atoms with Gasteiger partial charge < -0.3 is 0 Å². The molecule has 0 fully saturated rings. The fourth-order valence-corrected chi connectivity index (χ4v) is 3.75. The second kappa shape index (κ2) is 6.87. The number of hydrogen-bond donors (Lipinski definition) is 2. The van der Waals surface area contributed by atoms with Gasteiger partial charge in [0, 0.05) is 10.4 Å². The Hall–Kier alpha value is -2.36. The van der Waals surface area contributed by atoms with Crippen molar-refractivity contribution in [1.82, 2.24) is 25.1 Å². The maximum Gasteiger partial charge on any atom is 0.216 e. The molecule has 0 saturated heterocycles. The van der Waals surface area contributed by atoms with Gasteiger partial charge in [0.1, 0.15) is 5.69 Å². The molecule has 4 aromatic rings. The zero-order valence-corrected chi connectivity index (χ0v) is 15.9. The summed E-state index contributed by atoms with van der Waals surface area (Å²) in [6, 6.07) is 15.8. The Morgan fingerprint density at radius 1 is 1.12 bits per heavy atom. The smallest absolute Gasteiger partial charge is 0.216 e. The van der Waals surface area contributed by atoms with Gasteiger partial charge in [0.15, 0.2) is 0 Å². The number of nitrogens with zero attached hydrogens (tertiary/aromatic N) is 4. The van der Waals surface area contributed by atoms with Crippen molar-refractivity contribution in [2.75, 3.05) is 0 Å². The number of hydrogen-bond acceptors (Lipinski definition) is 5. The fourth-order valence-electron chi connectivity index (χ4n) is 2.28. The summed E-state index contributed by atoms with van der Waals surface area (Å²) in [5.41, 5.74) is 2.59. The second-order valence-corrected chi connectivity index (χ2v) is 7.96. The van der Waals surface area contributed by atoms with E-state index in [1.165, 1.54) is 0 Å². The van der Waals surface area contributed by atoms with Crippen LogP contribution in [0.25, 0.3) is 22.8 Å². The molecule has 0 aliphatic carbocycles. The van der Waals surface area contributed by atoms with Gasteiger partial charge in [-0.05, 0) is 46.3 Å². The number of benzene rings is 1. The summed E-state index contributed by atoms with van der Waals surface area (Å²) >= 11 is 10.3. The molecule has 0 spiro atoms. The molecule has 0 saturated carbocycles.